The molecule has 6 heteroatoms. The summed E-state index contributed by atoms with van der Waals surface area (Å²) in [5.41, 5.74) is 1.13. The third-order valence-electron chi connectivity index (χ3n) is 3.49. The number of rotatable bonds is 5. The van der Waals surface area contributed by atoms with Crippen molar-refractivity contribution in [2.45, 2.75) is 12.8 Å². The van der Waals surface area contributed by atoms with Crippen LogP contribution in [0.25, 0.3) is 0 Å². The van der Waals surface area contributed by atoms with Crippen LogP contribution in [0.15, 0.2) is 36.9 Å². The van der Waals surface area contributed by atoms with E-state index >= 15 is 0 Å². The van der Waals surface area contributed by atoms with Crippen LogP contribution in [0.5, 0.6) is 0 Å². The van der Waals surface area contributed by atoms with E-state index in [1.54, 1.807) is 24.3 Å². The average Bonchev–Trinajstić information content (AvgIpc) is 2.97. The van der Waals surface area contributed by atoms with Gasteiger partial charge in [-0.15, -0.1) is 6.58 Å². The number of sulfonamides is 1. The first-order valence-corrected chi connectivity index (χ1v) is 8.76. The molecule has 5 nitrogen and oxygen atoms in total. The Morgan fingerprint density at radius 3 is 2.33 bits per heavy atom. The molecule has 1 saturated heterocycles. The molecule has 21 heavy (non-hydrogen) atoms. The van der Waals surface area contributed by atoms with E-state index in [0.717, 1.165) is 32.2 Å². The van der Waals surface area contributed by atoms with Gasteiger partial charge in [0.25, 0.3) is 5.91 Å². The van der Waals surface area contributed by atoms with Gasteiger partial charge in [0.2, 0.25) is 10.0 Å². The largest absolute Gasteiger partial charge is 0.339 e. The molecule has 1 aliphatic heterocycles. The molecule has 0 aromatic heterocycles. The zero-order valence-corrected chi connectivity index (χ0v) is 13.0. The topological polar surface area (TPSA) is 57.7 Å². The van der Waals surface area contributed by atoms with Gasteiger partial charge in [-0.25, -0.2) is 8.42 Å². The predicted molar refractivity (Wildman–Crippen MR) is 84.0 cm³/mol. The zero-order valence-electron chi connectivity index (χ0n) is 12.2. The summed E-state index contributed by atoms with van der Waals surface area (Å²) in [6.07, 6.45) is 4.78. The molecule has 1 amide bonds. The van der Waals surface area contributed by atoms with Crippen molar-refractivity contribution in [2.24, 2.45) is 0 Å². The molecular formula is C15H20N2O3S. The molecule has 0 saturated carbocycles. The van der Waals surface area contributed by atoms with Crippen molar-refractivity contribution in [3.63, 3.8) is 0 Å². The molecule has 0 N–H and O–H groups in total. The van der Waals surface area contributed by atoms with Crippen LogP contribution in [-0.2, 0) is 10.0 Å². The van der Waals surface area contributed by atoms with Gasteiger partial charge in [0.15, 0.2) is 0 Å². The fourth-order valence-electron chi connectivity index (χ4n) is 2.42. The van der Waals surface area contributed by atoms with Crippen molar-refractivity contribution in [1.82, 2.24) is 4.90 Å². The standard InChI is InChI=1S/C15H20N2O3S/c1-3-10-17(21(2,19)20)14-8-6-13(7-9-14)15(18)16-11-4-5-12-16/h3,6-9H,1,4-5,10-12H2,2H3. The van der Waals surface area contributed by atoms with Gasteiger partial charge >= 0.3 is 0 Å². The number of hydrogen-bond donors (Lipinski definition) is 0. The Labute approximate surface area is 125 Å². The summed E-state index contributed by atoms with van der Waals surface area (Å²) >= 11 is 0. The Bertz CT molecular complexity index is 617. The molecule has 2 rings (SSSR count). The number of amides is 1. The molecule has 114 valence electrons. The summed E-state index contributed by atoms with van der Waals surface area (Å²) in [5.74, 6) is 0.00803. The van der Waals surface area contributed by atoms with Crippen LogP contribution in [0.4, 0.5) is 5.69 Å². The number of carbonyl (C=O) groups excluding carboxylic acids is 1. The quantitative estimate of drug-likeness (QED) is 0.780. The highest BCUT2D eigenvalue weighted by Crippen LogP contribution is 2.20. The normalized spacial score (nSPS) is 15.0. The summed E-state index contributed by atoms with van der Waals surface area (Å²) in [6.45, 7) is 5.37. The molecule has 0 radical (unpaired) electrons. The van der Waals surface area contributed by atoms with Crippen LogP contribution in [0.2, 0.25) is 0 Å². The summed E-state index contributed by atoms with van der Waals surface area (Å²) in [4.78, 5) is 14.1. The highest BCUT2D eigenvalue weighted by molar-refractivity contribution is 7.92. The minimum atomic E-state index is -3.36. The van der Waals surface area contributed by atoms with Gasteiger partial charge in [0.05, 0.1) is 18.5 Å². The monoisotopic (exact) mass is 308 g/mol. The summed E-state index contributed by atoms with van der Waals surface area (Å²) in [5, 5.41) is 0. The third kappa shape index (κ3) is 3.64. The minimum absolute atomic E-state index is 0.00803. The van der Waals surface area contributed by atoms with Gasteiger partial charge in [-0.2, -0.15) is 0 Å². The first-order chi connectivity index (χ1) is 9.93. The second-order valence-electron chi connectivity index (χ2n) is 5.13. The van der Waals surface area contributed by atoms with E-state index in [9.17, 15) is 13.2 Å². The first-order valence-electron chi connectivity index (χ1n) is 6.91. The van der Waals surface area contributed by atoms with Crippen LogP contribution in [0.1, 0.15) is 23.2 Å². The second kappa shape index (κ2) is 6.30. The van der Waals surface area contributed by atoms with Crippen LogP contribution < -0.4 is 4.31 Å². The lowest BCUT2D eigenvalue weighted by Crippen LogP contribution is -2.30. The molecule has 0 aliphatic carbocycles. The molecule has 0 spiro atoms. The van der Waals surface area contributed by atoms with Crippen molar-refractivity contribution < 1.29 is 13.2 Å². The van der Waals surface area contributed by atoms with Gasteiger partial charge in [0.1, 0.15) is 0 Å². The van der Waals surface area contributed by atoms with E-state index in [1.807, 2.05) is 4.90 Å². The van der Waals surface area contributed by atoms with Crippen molar-refractivity contribution >= 4 is 21.6 Å². The molecule has 0 bridgehead atoms. The van der Waals surface area contributed by atoms with Crippen molar-refractivity contribution in [3.05, 3.63) is 42.5 Å². The Morgan fingerprint density at radius 1 is 1.29 bits per heavy atom. The smallest absolute Gasteiger partial charge is 0.253 e. The minimum Gasteiger partial charge on any atom is -0.339 e. The number of likely N-dealkylation sites (tertiary alicyclic amines) is 1. The Morgan fingerprint density at radius 2 is 1.86 bits per heavy atom. The lowest BCUT2D eigenvalue weighted by molar-refractivity contribution is 0.0793. The number of carbonyl (C=O) groups is 1. The van der Waals surface area contributed by atoms with Crippen molar-refractivity contribution in [1.29, 1.82) is 0 Å². The van der Waals surface area contributed by atoms with E-state index in [1.165, 1.54) is 10.4 Å². The van der Waals surface area contributed by atoms with E-state index < -0.39 is 10.0 Å². The van der Waals surface area contributed by atoms with Crippen molar-refractivity contribution in [3.8, 4) is 0 Å². The fourth-order valence-corrected chi connectivity index (χ4v) is 3.30. The summed E-state index contributed by atoms with van der Waals surface area (Å²) < 4.78 is 24.8. The maximum atomic E-state index is 12.2. The molecule has 1 fully saturated rings. The lowest BCUT2D eigenvalue weighted by atomic mass is 10.2. The SMILES string of the molecule is C=CCN(c1ccc(C(=O)N2CCCC2)cc1)S(C)(=O)=O. The van der Waals surface area contributed by atoms with Crippen LogP contribution in [0, 0.1) is 0 Å². The van der Waals surface area contributed by atoms with Crippen LogP contribution in [-0.4, -0.2) is 45.1 Å². The molecular weight excluding hydrogens is 288 g/mol. The molecule has 0 atom stereocenters. The average molecular weight is 308 g/mol. The van der Waals surface area contributed by atoms with Gasteiger partial charge in [-0.3, -0.25) is 9.10 Å². The maximum absolute atomic E-state index is 12.2. The molecule has 1 aliphatic rings. The van der Waals surface area contributed by atoms with E-state index in [-0.39, 0.29) is 12.5 Å². The van der Waals surface area contributed by atoms with E-state index in [4.69, 9.17) is 0 Å². The summed E-state index contributed by atoms with van der Waals surface area (Å²) in [6, 6.07) is 6.68. The Balaban J connectivity index is 2.21. The highest BCUT2D eigenvalue weighted by Gasteiger charge is 2.20. The van der Waals surface area contributed by atoms with Gasteiger partial charge in [0, 0.05) is 18.7 Å². The number of anilines is 1. The Kier molecular flexibility index (Phi) is 4.67. The zero-order chi connectivity index (χ0) is 15.5. The van der Waals surface area contributed by atoms with Crippen molar-refractivity contribution in [2.75, 3.05) is 30.2 Å². The highest BCUT2D eigenvalue weighted by atomic mass is 32.2. The van der Waals surface area contributed by atoms with Gasteiger partial charge in [-0.05, 0) is 37.1 Å². The first kappa shape index (κ1) is 15.6. The van der Waals surface area contributed by atoms with Crippen LogP contribution in [0.3, 0.4) is 0 Å². The van der Waals surface area contributed by atoms with Crippen LogP contribution >= 0.6 is 0 Å². The Hall–Kier alpha value is -1.82. The fraction of sp³-hybridized carbons (Fsp3) is 0.400. The predicted octanol–water partition coefficient (Wildman–Crippen LogP) is 1.87. The summed E-state index contributed by atoms with van der Waals surface area (Å²) in [7, 11) is -3.36. The molecule has 0 unspecified atom stereocenters. The van der Waals surface area contributed by atoms with Gasteiger partial charge in [-0.1, -0.05) is 6.08 Å². The molecule has 1 aromatic carbocycles. The lowest BCUT2D eigenvalue weighted by Gasteiger charge is -2.21. The van der Waals surface area contributed by atoms with E-state index in [2.05, 4.69) is 6.58 Å². The molecule has 1 heterocycles. The molecule has 1 aromatic rings. The number of hydrogen-bond acceptors (Lipinski definition) is 3. The van der Waals surface area contributed by atoms with Gasteiger partial charge < -0.3 is 4.90 Å². The van der Waals surface area contributed by atoms with E-state index in [0.29, 0.717) is 11.3 Å². The number of nitrogens with zero attached hydrogens (tertiary/aromatic N) is 2. The maximum Gasteiger partial charge on any atom is 0.253 e. The second-order valence-corrected chi connectivity index (χ2v) is 7.04. The third-order valence-corrected chi connectivity index (χ3v) is 4.65. The number of benzene rings is 1.